The summed E-state index contributed by atoms with van der Waals surface area (Å²) < 4.78 is 1.76. The molecule has 3 rings (SSSR count). The Morgan fingerprint density at radius 2 is 2.19 bits per heavy atom. The Morgan fingerprint density at radius 1 is 1.38 bits per heavy atom. The summed E-state index contributed by atoms with van der Waals surface area (Å²) in [4.78, 5) is 29.4. The van der Waals surface area contributed by atoms with Crippen LogP contribution in [0.2, 0.25) is 0 Å². The quantitative estimate of drug-likeness (QED) is 0.918. The topological polar surface area (TPSA) is 75.4 Å². The van der Waals surface area contributed by atoms with Crippen LogP contribution in [0, 0.1) is 0 Å². The van der Waals surface area contributed by atoms with E-state index >= 15 is 0 Å². The summed E-state index contributed by atoms with van der Waals surface area (Å²) in [5.74, 6) is 0.114. The first-order valence-electron chi connectivity index (χ1n) is 6.66. The van der Waals surface area contributed by atoms with Crippen molar-refractivity contribution in [3.05, 3.63) is 30.6 Å². The second-order valence-corrected chi connectivity index (χ2v) is 6.03. The Hall–Kier alpha value is -2.02. The van der Waals surface area contributed by atoms with E-state index in [0.717, 1.165) is 16.8 Å². The lowest BCUT2D eigenvalue weighted by atomic mass is 10.2. The van der Waals surface area contributed by atoms with Gasteiger partial charge in [-0.05, 0) is 12.1 Å². The van der Waals surface area contributed by atoms with Crippen molar-refractivity contribution in [2.45, 2.75) is 12.6 Å². The molecule has 1 amide bonds. The standard InChI is InChI=1S/C14H15N3O3S/c18-13(17-5-6-21-8-12(17)14(19)20)7-16-9-15-10-3-1-2-4-11(10)16/h1-4,9,12H,5-8H2,(H,19,20). The molecule has 1 unspecified atom stereocenters. The van der Waals surface area contributed by atoms with Crippen LogP contribution < -0.4 is 0 Å². The van der Waals surface area contributed by atoms with Gasteiger partial charge in [-0.1, -0.05) is 12.1 Å². The second-order valence-electron chi connectivity index (χ2n) is 4.88. The third-order valence-corrected chi connectivity index (χ3v) is 4.59. The second kappa shape index (κ2) is 5.77. The Morgan fingerprint density at radius 3 is 3.00 bits per heavy atom. The van der Waals surface area contributed by atoms with Crippen molar-refractivity contribution in [3.8, 4) is 0 Å². The Labute approximate surface area is 125 Å². The van der Waals surface area contributed by atoms with Crippen molar-refractivity contribution < 1.29 is 14.7 Å². The lowest BCUT2D eigenvalue weighted by Crippen LogP contribution is -2.51. The van der Waals surface area contributed by atoms with E-state index in [1.165, 1.54) is 4.90 Å². The number of amides is 1. The Bertz CT molecular complexity index is 685. The summed E-state index contributed by atoms with van der Waals surface area (Å²) in [6, 6.07) is 6.84. The Kier molecular flexibility index (Phi) is 3.83. The number of rotatable bonds is 3. The number of nitrogens with zero attached hydrogens (tertiary/aromatic N) is 3. The van der Waals surface area contributed by atoms with Crippen molar-refractivity contribution >= 4 is 34.7 Å². The molecule has 0 bridgehead atoms. The van der Waals surface area contributed by atoms with E-state index in [1.54, 1.807) is 22.7 Å². The highest BCUT2D eigenvalue weighted by atomic mass is 32.2. The summed E-state index contributed by atoms with van der Waals surface area (Å²) in [6.07, 6.45) is 1.62. The molecule has 6 nitrogen and oxygen atoms in total. The molecule has 0 radical (unpaired) electrons. The number of fused-ring (bicyclic) bond motifs is 1. The first kappa shape index (κ1) is 13.9. The SMILES string of the molecule is O=C(O)C1CSCCN1C(=O)Cn1cnc2ccccc21. The van der Waals surface area contributed by atoms with Crippen LogP contribution in [0.15, 0.2) is 30.6 Å². The fraction of sp³-hybridized carbons (Fsp3) is 0.357. The fourth-order valence-corrected chi connectivity index (χ4v) is 3.52. The van der Waals surface area contributed by atoms with Crippen LogP contribution in [0.1, 0.15) is 0 Å². The molecule has 0 saturated carbocycles. The number of benzene rings is 1. The van der Waals surface area contributed by atoms with E-state index in [0.29, 0.717) is 12.3 Å². The molecule has 1 aliphatic heterocycles. The molecule has 1 aromatic heterocycles. The number of imidazole rings is 1. The lowest BCUT2D eigenvalue weighted by Gasteiger charge is -2.32. The minimum atomic E-state index is -0.939. The van der Waals surface area contributed by atoms with Gasteiger partial charge in [-0.2, -0.15) is 11.8 Å². The van der Waals surface area contributed by atoms with Crippen LogP contribution in [-0.4, -0.2) is 55.5 Å². The third-order valence-electron chi connectivity index (χ3n) is 3.57. The molecular formula is C14H15N3O3S. The van der Waals surface area contributed by atoms with Crippen molar-refractivity contribution in [1.29, 1.82) is 0 Å². The normalized spacial score (nSPS) is 18.9. The van der Waals surface area contributed by atoms with Gasteiger partial charge in [-0.25, -0.2) is 9.78 Å². The van der Waals surface area contributed by atoms with E-state index in [9.17, 15) is 14.7 Å². The minimum Gasteiger partial charge on any atom is -0.480 e. The van der Waals surface area contributed by atoms with Crippen LogP contribution in [0.3, 0.4) is 0 Å². The van der Waals surface area contributed by atoms with Crippen molar-refractivity contribution in [1.82, 2.24) is 14.5 Å². The highest BCUT2D eigenvalue weighted by molar-refractivity contribution is 7.99. The molecule has 2 heterocycles. The molecule has 1 saturated heterocycles. The van der Waals surface area contributed by atoms with Gasteiger partial charge in [0.2, 0.25) is 5.91 Å². The number of hydrogen-bond acceptors (Lipinski definition) is 4. The van der Waals surface area contributed by atoms with E-state index in [4.69, 9.17) is 0 Å². The van der Waals surface area contributed by atoms with Gasteiger partial charge in [0.1, 0.15) is 12.6 Å². The summed E-state index contributed by atoms with van der Waals surface area (Å²) in [6.45, 7) is 0.599. The minimum absolute atomic E-state index is 0.120. The summed E-state index contributed by atoms with van der Waals surface area (Å²) >= 11 is 1.57. The summed E-state index contributed by atoms with van der Waals surface area (Å²) in [7, 11) is 0. The molecule has 1 aliphatic rings. The number of para-hydroxylation sites is 2. The predicted molar refractivity (Wildman–Crippen MR) is 80.2 cm³/mol. The fourth-order valence-electron chi connectivity index (χ4n) is 2.48. The van der Waals surface area contributed by atoms with E-state index in [1.807, 2.05) is 24.3 Å². The molecule has 2 aromatic rings. The van der Waals surface area contributed by atoms with Crippen LogP contribution >= 0.6 is 11.8 Å². The van der Waals surface area contributed by atoms with Crippen LogP contribution in [0.4, 0.5) is 0 Å². The molecule has 21 heavy (non-hydrogen) atoms. The van der Waals surface area contributed by atoms with Crippen LogP contribution in [0.5, 0.6) is 0 Å². The number of thioether (sulfide) groups is 1. The van der Waals surface area contributed by atoms with Gasteiger partial charge in [0.15, 0.2) is 0 Å². The van der Waals surface area contributed by atoms with E-state index in [-0.39, 0.29) is 12.5 Å². The number of hydrogen-bond donors (Lipinski definition) is 1. The van der Waals surface area contributed by atoms with Gasteiger partial charge < -0.3 is 14.6 Å². The zero-order valence-corrected chi connectivity index (χ0v) is 12.1. The number of carbonyl (C=O) groups is 2. The van der Waals surface area contributed by atoms with Gasteiger partial charge in [0.05, 0.1) is 17.4 Å². The maximum atomic E-state index is 12.4. The molecule has 110 valence electrons. The van der Waals surface area contributed by atoms with Crippen LogP contribution in [0.25, 0.3) is 11.0 Å². The van der Waals surface area contributed by atoms with Crippen molar-refractivity contribution in [3.63, 3.8) is 0 Å². The molecule has 1 fully saturated rings. The maximum absolute atomic E-state index is 12.4. The summed E-state index contributed by atoms with van der Waals surface area (Å²) in [5.41, 5.74) is 1.71. The predicted octanol–water partition coefficient (Wildman–Crippen LogP) is 1.06. The van der Waals surface area contributed by atoms with Crippen molar-refractivity contribution in [2.75, 3.05) is 18.1 Å². The molecular weight excluding hydrogens is 290 g/mol. The van der Waals surface area contributed by atoms with Crippen molar-refractivity contribution in [2.24, 2.45) is 0 Å². The molecule has 0 spiro atoms. The average Bonchev–Trinajstić information content (AvgIpc) is 2.90. The molecule has 0 aliphatic carbocycles. The monoisotopic (exact) mass is 305 g/mol. The van der Waals surface area contributed by atoms with Gasteiger partial charge in [-0.3, -0.25) is 4.79 Å². The number of aromatic nitrogens is 2. The highest BCUT2D eigenvalue weighted by Crippen LogP contribution is 2.18. The Balaban J connectivity index is 1.80. The lowest BCUT2D eigenvalue weighted by molar-refractivity contribution is -0.149. The first-order chi connectivity index (χ1) is 10.2. The number of carbonyl (C=O) groups excluding carboxylic acids is 1. The van der Waals surface area contributed by atoms with Gasteiger partial charge >= 0.3 is 5.97 Å². The average molecular weight is 305 g/mol. The van der Waals surface area contributed by atoms with Gasteiger partial charge in [-0.15, -0.1) is 0 Å². The van der Waals surface area contributed by atoms with Crippen LogP contribution in [-0.2, 0) is 16.1 Å². The van der Waals surface area contributed by atoms with Gasteiger partial charge in [0, 0.05) is 18.1 Å². The number of aliphatic carboxylic acids is 1. The zero-order valence-electron chi connectivity index (χ0n) is 11.3. The largest absolute Gasteiger partial charge is 0.480 e. The first-order valence-corrected chi connectivity index (χ1v) is 7.82. The molecule has 1 atom stereocenters. The number of carboxylic acid groups (broad SMARTS) is 1. The summed E-state index contributed by atoms with van der Waals surface area (Å²) in [5, 5.41) is 9.23. The van der Waals surface area contributed by atoms with Gasteiger partial charge in [0.25, 0.3) is 0 Å². The highest BCUT2D eigenvalue weighted by Gasteiger charge is 2.32. The van der Waals surface area contributed by atoms with E-state index < -0.39 is 12.0 Å². The maximum Gasteiger partial charge on any atom is 0.327 e. The molecule has 1 aromatic carbocycles. The van der Waals surface area contributed by atoms with E-state index in [2.05, 4.69) is 4.98 Å². The third kappa shape index (κ3) is 2.73. The molecule has 1 N–H and O–H groups in total. The zero-order chi connectivity index (χ0) is 14.8. The number of carboxylic acids is 1. The smallest absolute Gasteiger partial charge is 0.327 e. The molecule has 7 heteroatoms.